The second-order valence-corrected chi connectivity index (χ2v) is 10.5. The fourth-order valence-corrected chi connectivity index (χ4v) is 4.43. The van der Waals surface area contributed by atoms with Crippen molar-refractivity contribution in [2.45, 2.75) is 91.2 Å². The number of ether oxygens (including phenoxy) is 2. The molecule has 3 aromatic rings. The molecule has 1 aliphatic rings. The zero-order valence-electron chi connectivity index (χ0n) is 22.3. The first-order valence-electron chi connectivity index (χ1n) is 12.5. The number of hydrogen-bond acceptors (Lipinski definition) is 6. The third-order valence-electron chi connectivity index (χ3n) is 6.72. The molecule has 4 rings (SSSR count). The van der Waals surface area contributed by atoms with Crippen LogP contribution in [0.4, 0.5) is 0 Å². The first-order chi connectivity index (χ1) is 16.6. The lowest BCUT2D eigenvalue weighted by molar-refractivity contribution is 0.0962. The maximum absolute atomic E-state index is 13.6. The molecule has 36 heavy (non-hydrogen) atoms. The standard InChI is InChI=1S/C27H37N5O3.ClH/c1-8-19(9-2)35-23-12-16(3)25-30-31(26(28)32(25)29-23)15-22(33)20-13-18(17-10-11-17)14-21(24(20)34-7)27(4,5)6;/h12-14,17,19,28H,8-11,15H2,1-7H3;1H. The van der Waals surface area contributed by atoms with Gasteiger partial charge in [0.1, 0.15) is 12.3 Å². The van der Waals surface area contributed by atoms with Gasteiger partial charge in [0, 0.05) is 17.2 Å². The number of carbonyl (C=O) groups excluding carboxylic acids is 1. The summed E-state index contributed by atoms with van der Waals surface area (Å²) in [7, 11) is 1.61. The summed E-state index contributed by atoms with van der Waals surface area (Å²) < 4.78 is 14.6. The molecule has 196 valence electrons. The summed E-state index contributed by atoms with van der Waals surface area (Å²) in [5, 5.41) is 17.7. The predicted molar refractivity (Wildman–Crippen MR) is 142 cm³/mol. The average Bonchev–Trinajstić information content (AvgIpc) is 3.62. The Morgan fingerprint density at radius 2 is 1.83 bits per heavy atom. The topological polar surface area (TPSA) is 94.5 Å². The molecule has 0 aliphatic heterocycles. The molecule has 0 saturated heterocycles. The molecule has 1 aliphatic carbocycles. The summed E-state index contributed by atoms with van der Waals surface area (Å²) >= 11 is 0. The van der Waals surface area contributed by atoms with Gasteiger partial charge in [0.25, 0.3) is 0 Å². The molecular weight excluding hydrogens is 478 g/mol. The van der Waals surface area contributed by atoms with Crippen molar-refractivity contribution in [3.05, 3.63) is 46.1 Å². The van der Waals surface area contributed by atoms with Gasteiger partial charge < -0.3 is 9.47 Å². The van der Waals surface area contributed by atoms with Crippen molar-refractivity contribution in [2.75, 3.05) is 7.11 Å². The van der Waals surface area contributed by atoms with Crippen LogP contribution in [0.5, 0.6) is 11.6 Å². The maximum Gasteiger partial charge on any atom is 0.242 e. The third kappa shape index (κ3) is 5.43. The summed E-state index contributed by atoms with van der Waals surface area (Å²) in [5.41, 5.74) is 3.99. The monoisotopic (exact) mass is 515 g/mol. The van der Waals surface area contributed by atoms with E-state index in [1.165, 1.54) is 14.8 Å². The first kappa shape index (κ1) is 27.7. The largest absolute Gasteiger partial charge is 0.496 e. The van der Waals surface area contributed by atoms with Crippen molar-refractivity contribution in [1.29, 1.82) is 5.41 Å². The predicted octanol–water partition coefficient (Wildman–Crippen LogP) is 5.37. The Morgan fingerprint density at radius 3 is 2.39 bits per heavy atom. The Labute approximate surface area is 218 Å². The van der Waals surface area contributed by atoms with Crippen molar-refractivity contribution in [3.63, 3.8) is 0 Å². The molecule has 0 bridgehead atoms. The van der Waals surface area contributed by atoms with Crippen LogP contribution in [0.15, 0.2) is 18.2 Å². The van der Waals surface area contributed by atoms with Crippen LogP contribution in [0.1, 0.15) is 93.3 Å². The van der Waals surface area contributed by atoms with Crippen LogP contribution in [-0.2, 0) is 12.0 Å². The van der Waals surface area contributed by atoms with Gasteiger partial charge in [-0.15, -0.1) is 22.6 Å². The highest BCUT2D eigenvalue weighted by molar-refractivity contribution is 5.99. The van der Waals surface area contributed by atoms with E-state index < -0.39 is 0 Å². The van der Waals surface area contributed by atoms with Crippen LogP contribution in [0.3, 0.4) is 0 Å². The lowest BCUT2D eigenvalue weighted by Crippen LogP contribution is -2.27. The summed E-state index contributed by atoms with van der Waals surface area (Å²) in [6.07, 6.45) is 4.11. The van der Waals surface area contributed by atoms with Gasteiger partial charge in [0.2, 0.25) is 11.5 Å². The van der Waals surface area contributed by atoms with Crippen molar-refractivity contribution in [1.82, 2.24) is 19.4 Å². The second-order valence-electron chi connectivity index (χ2n) is 10.5. The second kappa shape index (κ2) is 10.6. The van der Waals surface area contributed by atoms with E-state index >= 15 is 0 Å². The molecule has 1 aromatic carbocycles. The van der Waals surface area contributed by atoms with E-state index in [1.807, 2.05) is 19.1 Å². The van der Waals surface area contributed by atoms with E-state index in [-0.39, 0.29) is 41.9 Å². The number of methoxy groups -OCH3 is 1. The number of aromatic nitrogens is 4. The molecule has 9 heteroatoms. The van der Waals surface area contributed by atoms with E-state index in [2.05, 4.69) is 50.9 Å². The number of rotatable bonds is 9. The number of hydrogen-bond donors (Lipinski definition) is 1. The Morgan fingerprint density at radius 1 is 1.17 bits per heavy atom. The summed E-state index contributed by atoms with van der Waals surface area (Å²) in [6.45, 7) is 12.4. The van der Waals surface area contributed by atoms with E-state index in [1.54, 1.807) is 7.11 Å². The Bertz CT molecular complexity index is 1310. The number of nitrogens with zero attached hydrogens (tertiary/aromatic N) is 4. The average molecular weight is 516 g/mol. The van der Waals surface area contributed by atoms with Crippen molar-refractivity contribution < 1.29 is 14.3 Å². The zero-order chi connectivity index (χ0) is 25.5. The van der Waals surface area contributed by atoms with Gasteiger partial charge in [-0.1, -0.05) is 40.7 Å². The minimum atomic E-state index is -0.172. The van der Waals surface area contributed by atoms with Gasteiger partial charge in [-0.25, -0.2) is 4.68 Å². The number of ketones is 1. The molecule has 0 spiro atoms. The van der Waals surface area contributed by atoms with Gasteiger partial charge in [-0.2, -0.15) is 4.52 Å². The van der Waals surface area contributed by atoms with E-state index in [4.69, 9.17) is 14.9 Å². The summed E-state index contributed by atoms with van der Waals surface area (Å²) in [4.78, 5) is 13.6. The lowest BCUT2D eigenvalue weighted by Gasteiger charge is -2.25. The van der Waals surface area contributed by atoms with Crippen LogP contribution in [0.25, 0.3) is 5.65 Å². The highest BCUT2D eigenvalue weighted by Gasteiger charge is 2.31. The molecule has 0 atom stereocenters. The quantitative estimate of drug-likeness (QED) is 0.386. The summed E-state index contributed by atoms with van der Waals surface area (Å²) in [5.74, 6) is 1.44. The van der Waals surface area contributed by atoms with Crippen LogP contribution in [0, 0.1) is 12.3 Å². The van der Waals surface area contributed by atoms with E-state index in [0.29, 0.717) is 28.8 Å². The third-order valence-corrected chi connectivity index (χ3v) is 6.72. The normalized spacial score (nSPS) is 13.7. The van der Waals surface area contributed by atoms with Gasteiger partial charge in [-0.3, -0.25) is 10.2 Å². The van der Waals surface area contributed by atoms with E-state index in [9.17, 15) is 4.79 Å². The van der Waals surface area contributed by atoms with Crippen LogP contribution < -0.4 is 15.1 Å². The number of Topliss-reactive ketones (excluding diaryl/α,β-unsaturated/α-hetero) is 1. The molecular formula is C27H38ClN5O3. The highest BCUT2D eigenvalue weighted by atomic mass is 35.5. The zero-order valence-corrected chi connectivity index (χ0v) is 23.2. The van der Waals surface area contributed by atoms with Gasteiger partial charge >= 0.3 is 0 Å². The molecule has 0 unspecified atom stereocenters. The Kier molecular flexibility index (Phi) is 8.18. The Hall–Kier alpha value is -2.87. The fraction of sp³-hybridized carbons (Fsp3) is 0.556. The van der Waals surface area contributed by atoms with E-state index in [0.717, 1.165) is 36.8 Å². The molecule has 0 radical (unpaired) electrons. The van der Waals surface area contributed by atoms with Gasteiger partial charge in [0.15, 0.2) is 11.4 Å². The van der Waals surface area contributed by atoms with Crippen molar-refractivity contribution in [2.24, 2.45) is 0 Å². The minimum Gasteiger partial charge on any atom is -0.496 e. The highest BCUT2D eigenvalue weighted by Crippen LogP contribution is 2.44. The first-order valence-corrected chi connectivity index (χ1v) is 12.5. The fourth-order valence-electron chi connectivity index (χ4n) is 4.43. The molecule has 2 aromatic heterocycles. The van der Waals surface area contributed by atoms with Gasteiger partial charge in [-0.05, 0) is 55.6 Å². The SMILES string of the molecule is CCC(CC)Oc1cc(C)c2nn(CC(=O)c3cc(C4CC4)cc(C(C)(C)C)c3OC)c(=N)n2n1.Cl. The van der Waals surface area contributed by atoms with Crippen molar-refractivity contribution >= 4 is 23.8 Å². The number of nitrogens with one attached hydrogen (secondary N) is 1. The van der Waals surface area contributed by atoms with Crippen LogP contribution >= 0.6 is 12.4 Å². The van der Waals surface area contributed by atoms with Crippen LogP contribution in [0.2, 0.25) is 0 Å². The molecule has 2 heterocycles. The summed E-state index contributed by atoms with van der Waals surface area (Å²) in [6, 6.07) is 6.00. The number of benzene rings is 1. The molecule has 1 saturated carbocycles. The maximum atomic E-state index is 13.6. The molecule has 0 amide bonds. The Balaban J connectivity index is 0.00000361. The smallest absolute Gasteiger partial charge is 0.242 e. The number of carbonyl (C=O) groups is 1. The van der Waals surface area contributed by atoms with Crippen LogP contribution in [-0.4, -0.2) is 38.4 Å². The van der Waals surface area contributed by atoms with Gasteiger partial charge in [0.05, 0.1) is 18.8 Å². The number of aryl methyl sites for hydroxylation is 1. The van der Waals surface area contributed by atoms with Crippen molar-refractivity contribution in [3.8, 4) is 11.6 Å². The lowest BCUT2D eigenvalue weighted by atomic mass is 9.83. The number of halogens is 1. The molecule has 8 nitrogen and oxygen atoms in total. The minimum absolute atomic E-state index is 0. The number of fused-ring (bicyclic) bond motifs is 1. The molecule has 1 N–H and O–H groups in total. The molecule has 1 fully saturated rings.